The van der Waals surface area contributed by atoms with Crippen molar-refractivity contribution in [2.24, 2.45) is 0 Å². The van der Waals surface area contributed by atoms with E-state index in [1.165, 1.54) is 11.3 Å². The SMILES string of the molecule is COCCN1C(=N)C(c2nc(-c3ccc(C#N)cc3)cs2)=C(O)[C@H]1C. The average Bonchev–Trinajstić information content (AvgIpc) is 3.18. The van der Waals surface area contributed by atoms with Crippen LogP contribution in [0.3, 0.4) is 0 Å². The zero-order valence-corrected chi connectivity index (χ0v) is 14.8. The fourth-order valence-electron chi connectivity index (χ4n) is 2.76. The molecule has 128 valence electrons. The fourth-order valence-corrected chi connectivity index (χ4v) is 3.64. The normalized spacial score (nSPS) is 17.2. The lowest BCUT2D eigenvalue weighted by atomic mass is 10.1. The van der Waals surface area contributed by atoms with Crippen molar-refractivity contribution in [2.75, 3.05) is 20.3 Å². The number of nitrogens with zero attached hydrogens (tertiary/aromatic N) is 3. The summed E-state index contributed by atoms with van der Waals surface area (Å²) in [6.45, 7) is 2.89. The Hall–Kier alpha value is -2.69. The van der Waals surface area contributed by atoms with Gasteiger partial charge in [0.1, 0.15) is 16.6 Å². The molecule has 25 heavy (non-hydrogen) atoms. The zero-order chi connectivity index (χ0) is 18.0. The fraction of sp³-hybridized carbons (Fsp3) is 0.278. The summed E-state index contributed by atoms with van der Waals surface area (Å²) in [6.07, 6.45) is 0. The van der Waals surface area contributed by atoms with Gasteiger partial charge in [0, 0.05) is 24.6 Å². The second-order valence-electron chi connectivity index (χ2n) is 5.70. The number of aromatic nitrogens is 1. The molecule has 0 spiro atoms. The van der Waals surface area contributed by atoms with Crippen LogP contribution in [0.15, 0.2) is 35.4 Å². The smallest absolute Gasteiger partial charge is 0.135 e. The zero-order valence-electron chi connectivity index (χ0n) is 14.0. The van der Waals surface area contributed by atoms with Crippen molar-refractivity contribution in [3.05, 3.63) is 46.0 Å². The Balaban J connectivity index is 1.88. The third-order valence-corrected chi connectivity index (χ3v) is 5.07. The summed E-state index contributed by atoms with van der Waals surface area (Å²) in [6, 6.07) is 9.01. The lowest BCUT2D eigenvalue weighted by Gasteiger charge is -2.23. The van der Waals surface area contributed by atoms with E-state index in [0.717, 1.165) is 11.3 Å². The summed E-state index contributed by atoms with van der Waals surface area (Å²) >= 11 is 1.39. The highest BCUT2D eigenvalue weighted by molar-refractivity contribution is 7.11. The van der Waals surface area contributed by atoms with E-state index in [-0.39, 0.29) is 17.6 Å². The number of aliphatic hydroxyl groups is 1. The van der Waals surface area contributed by atoms with Gasteiger partial charge in [-0.25, -0.2) is 4.98 Å². The molecule has 6 nitrogen and oxygen atoms in total. The number of nitriles is 1. The third-order valence-electron chi connectivity index (χ3n) is 4.21. The quantitative estimate of drug-likeness (QED) is 0.859. The monoisotopic (exact) mass is 354 g/mol. The van der Waals surface area contributed by atoms with Crippen molar-refractivity contribution in [1.82, 2.24) is 9.88 Å². The summed E-state index contributed by atoms with van der Waals surface area (Å²) in [5, 5.41) is 30.3. The van der Waals surface area contributed by atoms with Crippen molar-refractivity contribution in [2.45, 2.75) is 13.0 Å². The number of benzene rings is 1. The molecule has 2 N–H and O–H groups in total. The molecule has 1 atom stereocenters. The maximum Gasteiger partial charge on any atom is 0.135 e. The maximum atomic E-state index is 10.5. The molecule has 1 aliphatic rings. The highest BCUT2D eigenvalue weighted by Gasteiger charge is 2.35. The molecule has 0 saturated carbocycles. The largest absolute Gasteiger partial charge is 0.509 e. The van der Waals surface area contributed by atoms with Crippen LogP contribution in [-0.4, -0.2) is 47.1 Å². The van der Waals surface area contributed by atoms with E-state index in [1.54, 1.807) is 24.1 Å². The van der Waals surface area contributed by atoms with E-state index in [9.17, 15) is 5.11 Å². The summed E-state index contributed by atoms with van der Waals surface area (Å²) < 4.78 is 5.08. The molecule has 0 bridgehead atoms. The van der Waals surface area contributed by atoms with Gasteiger partial charge in [-0.2, -0.15) is 5.26 Å². The number of ether oxygens (including phenoxy) is 1. The number of methoxy groups -OCH3 is 1. The minimum Gasteiger partial charge on any atom is -0.509 e. The van der Waals surface area contributed by atoms with Crippen LogP contribution >= 0.6 is 11.3 Å². The molecular weight excluding hydrogens is 336 g/mol. The van der Waals surface area contributed by atoms with Crippen molar-refractivity contribution < 1.29 is 9.84 Å². The minimum atomic E-state index is -0.264. The van der Waals surface area contributed by atoms with Gasteiger partial charge < -0.3 is 14.7 Å². The van der Waals surface area contributed by atoms with Crippen molar-refractivity contribution in [3.8, 4) is 17.3 Å². The number of nitrogens with one attached hydrogen (secondary N) is 1. The van der Waals surface area contributed by atoms with Crippen LogP contribution < -0.4 is 0 Å². The number of hydrogen-bond donors (Lipinski definition) is 2. The van der Waals surface area contributed by atoms with Crippen molar-refractivity contribution in [3.63, 3.8) is 0 Å². The second-order valence-corrected chi connectivity index (χ2v) is 6.56. The third kappa shape index (κ3) is 3.14. The standard InChI is InChI=1S/C18H18N4O2S/c1-11-16(23)15(17(20)22(11)7-8-24-2)18-21-14(10-25-18)13-5-3-12(9-19)4-6-13/h3-6,10-11,20,23H,7-8H2,1-2H3/t11-/m1/s1. The molecule has 7 heteroatoms. The van der Waals surface area contributed by atoms with Crippen LogP contribution in [0.2, 0.25) is 0 Å². The van der Waals surface area contributed by atoms with Crippen LogP contribution in [0.4, 0.5) is 0 Å². The number of amidine groups is 1. The van der Waals surface area contributed by atoms with Gasteiger partial charge in [0.05, 0.1) is 35.5 Å². The molecule has 1 aromatic heterocycles. The highest BCUT2D eigenvalue weighted by Crippen LogP contribution is 2.34. The number of aliphatic hydroxyl groups excluding tert-OH is 1. The van der Waals surface area contributed by atoms with E-state index in [2.05, 4.69) is 11.1 Å². The first kappa shape index (κ1) is 17.1. The predicted octanol–water partition coefficient (Wildman–Crippen LogP) is 3.28. The predicted molar refractivity (Wildman–Crippen MR) is 97.6 cm³/mol. The molecule has 0 unspecified atom stereocenters. The molecule has 0 aliphatic carbocycles. The minimum absolute atomic E-state index is 0.168. The highest BCUT2D eigenvalue weighted by atomic mass is 32.1. The molecular formula is C18H18N4O2S. The Kier molecular flexibility index (Phi) is 4.83. The lowest BCUT2D eigenvalue weighted by Crippen LogP contribution is -2.35. The second kappa shape index (κ2) is 7.05. The molecule has 1 aromatic carbocycles. The van der Waals surface area contributed by atoms with E-state index < -0.39 is 0 Å². The molecule has 2 aromatic rings. The maximum absolute atomic E-state index is 10.5. The van der Waals surface area contributed by atoms with Gasteiger partial charge in [-0.15, -0.1) is 11.3 Å². The van der Waals surface area contributed by atoms with Gasteiger partial charge in [-0.1, -0.05) is 12.1 Å². The van der Waals surface area contributed by atoms with Crippen LogP contribution in [0.5, 0.6) is 0 Å². The van der Waals surface area contributed by atoms with E-state index in [1.807, 2.05) is 24.4 Å². The van der Waals surface area contributed by atoms with Crippen LogP contribution in [0.1, 0.15) is 17.5 Å². The van der Waals surface area contributed by atoms with E-state index in [0.29, 0.717) is 29.3 Å². The van der Waals surface area contributed by atoms with Gasteiger partial charge in [0.25, 0.3) is 0 Å². The van der Waals surface area contributed by atoms with Gasteiger partial charge >= 0.3 is 0 Å². The number of rotatable bonds is 5. The molecule has 2 heterocycles. The Morgan fingerprint density at radius 1 is 1.40 bits per heavy atom. The van der Waals surface area contributed by atoms with Crippen LogP contribution in [-0.2, 0) is 4.74 Å². The number of hydrogen-bond acceptors (Lipinski definition) is 6. The Labute approximate surface area is 150 Å². The van der Waals surface area contributed by atoms with Crippen LogP contribution in [0.25, 0.3) is 16.8 Å². The molecule has 1 aliphatic heterocycles. The summed E-state index contributed by atoms with van der Waals surface area (Å²) in [4.78, 5) is 6.39. The first-order chi connectivity index (χ1) is 12.1. The lowest BCUT2D eigenvalue weighted by molar-refractivity contribution is 0.164. The van der Waals surface area contributed by atoms with Gasteiger partial charge in [0.2, 0.25) is 0 Å². The average molecular weight is 354 g/mol. The molecule has 0 radical (unpaired) electrons. The molecule has 0 fully saturated rings. The summed E-state index contributed by atoms with van der Waals surface area (Å²) in [5.41, 5.74) is 2.74. The Morgan fingerprint density at radius 2 is 2.12 bits per heavy atom. The van der Waals surface area contributed by atoms with E-state index >= 15 is 0 Å². The molecule has 0 amide bonds. The summed E-state index contributed by atoms with van der Waals surface area (Å²) in [5.74, 6) is 0.435. The number of thiazole rings is 1. The van der Waals surface area contributed by atoms with Crippen LogP contribution in [0, 0.1) is 16.7 Å². The van der Waals surface area contributed by atoms with Crippen molar-refractivity contribution >= 4 is 22.7 Å². The van der Waals surface area contributed by atoms with Gasteiger partial charge in [-0.3, -0.25) is 5.41 Å². The molecule has 3 rings (SSSR count). The molecule has 0 saturated heterocycles. The summed E-state index contributed by atoms with van der Waals surface area (Å²) in [7, 11) is 1.61. The Morgan fingerprint density at radius 3 is 2.76 bits per heavy atom. The van der Waals surface area contributed by atoms with Gasteiger partial charge in [-0.05, 0) is 19.1 Å². The first-order valence-electron chi connectivity index (χ1n) is 7.81. The van der Waals surface area contributed by atoms with E-state index in [4.69, 9.17) is 15.4 Å². The Bertz CT molecular complexity index is 864. The first-order valence-corrected chi connectivity index (χ1v) is 8.68. The van der Waals surface area contributed by atoms with Gasteiger partial charge in [0.15, 0.2) is 0 Å². The topological polar surface area (TPSA) is 93.2 Å². The van der Waals surface area contributed by atoms with Crippen molar-refractivity contribution in [1.29, 1.82) is 10.7 Å².